The van der Waals surface area contributed by atoms with Crippen molar-refractivity contribution in [2.45, 2.75) is 6.17 Å². The van der Waals surface area contributed by atoms with Crippen molar-refractivity contribution >= 4 is 17.5 Å². The van der Waals surface area contributed by atoms with E-state index in [9.17, 15) is 9.59 Å². The average Bonchev–Trinajstić information content (AvgIpc) is 2.79. The second-order valence-corrected chi connectivity index (χ2v) is 5.80. The summed E-state index contributed by atoms with van der Waals surface area (Å²) in [6.07, 6.45) is -0.315. The summed E-state index contributed by atoms with van der Waals surface area (Å²) in [6, 6.07) is 12.8. The molecule has 122 valence electrons. The minimum Gasteiger partial charge on any atom is -0.497 e. The average molecular weight is 323 g/mol. The third kappa shape index (κ3) is 2.19. The van der Waals surface area contributed by atoms with Crippen LogP contribution in [0.25, 0.3) is 0 Å². The van der Waals surface area contributed by atoms with Crippen molar-refractivity contribution < 1.29 is 14.3 Å². The lowest BCUT2D eigenvalue weighted by molar-refractivity contribution is 0.0926. The van der Waals surface area contributed by atoms with Crippen molar-refractivity contribution in [1.82, 2.24) is 10.6 Å². The third-order valence-electron chi connectivity index (χ3n) is 4.46. The second kappa shape index (κ2) is 5.56. The van der Waals surface area contributed by atoms with Crippen molar-refractivity contribution in [2.75, 3.05) is 25.1 Å². The Labute approximate surface area is 139 Å². The van der Waals surface area contributed by atoms with E-state index in [2.05, 4.69) is 15.5 Å². The highest BCUT2D eigenvalue weighted by atomic mass is 16.5. The van der Waals surface area contributed by atoms with Gasteiger partial charge in [-0.3, -0.25) is 9.59 Å². The first-order valence-corrected chi connectivity index (χ1v) is 7.81. The first-order chi connectivity index (χ1) is 11.7. The Balaban J connectivity index is 1.83. The zero-order chi connectivity index (χ0) is 16.7. The van der Waals surface area contributed by atoms with Crippen LogP contribution in [0.3, 0.4) is 0 Å². The zero-order valence-electron chi connectivity index (χ0n) is 13.2. The van der Waals surface area contributed by atoms with Crippen molar-refractivity contribution in [3.63, 3.8) is 0 Å². The van der Waals surface area contributed by atoms with Gasteiger partial charge in [0, 0.05) is 13.1 Å². The summed E-state index contributed by atoms with van der Waals surface area (Å²) in [4.78, 5) is 26.9. The van der Waals surface area contributed by atoms with Crippen LogP contribution >= 0.6 is 0 Å². The van der Waals surface area contributed by atoms with E-state index >= 15 is 0 Å². The predicted octanol–water partition coefficient (Wildman–Crippen LogP) is 1.69. The van der Waals surface area contributed by atoms with Crippen LogP contribution in [-0.2, 0) is 0 Å². The molecule has 2 N–H and O–H groups in total. The maximum Gasteiger partial charge on any atom is 0.255 e. The van der Waals surface area contributed by atoms with E-state index in [1.54, 1.807) is 25.3 Å². The highest BCUT2D eigenvalue weighted by molar-refractivity contribution is 6.10. The molecule has 1 unspecified atom stereocenters. The number of hydrogen-bond donors (Lipinski definition) is 2. The summed E-state index contributed by atoms with van der Waals surface area (Å²) in [6.45, 7) is 1.14. The third-order valence-corrected chi connectivity index (χ3v) is 4.46. The maximum atomic E-state index is 12.6. The Morgan fingerprint density at radius 2 is 1.75 bits per heavy atom. The Morgan fingerprint density at radius 3 is 2.46 bits per heavy atom. The molecule has 2 amide bonds. The number of amides is 2. The van der Waals surface area contributed by atoms with E-state index in [0.717, 1.165) is 11.3 Å². The molecule has 0 radical (unpaired) electrons. The van der Waals surface area contributed by atoms with E-state index in [1.807, 2.05) is 24.3 Å². The molecule has 24 heavy (non-hydrogen) atoms. The number of nitrogens with one attached hydrogen (secondary N) is 2. The summed E-state index contributed by atoms with van der Waals surface area (Å²) in [7, 11) is 1.62. The van der Waals surface area contributed by atoms with Gasteiger partial charge in [0.25, 0.3) is 11.8 Å². The Kier molecular flexibility index (Phi) is 3.37. The number of nitrogens with zero attached hydrogens (tertiary/aromatic N) is 1. The molecule has 4 rings (SSSR count). The smallest absolute Gasteiger partial charge is 0.255 e. The molecule has 2 aromatic carbocycles. The molecular formula is C18H17N3O3. The Bertz CT molecular complexity index is 817. The molecule has 2 aromatic rings. The summed E-state index contributed by atoms with van der Waals surface area (Å²) in [5, 5.41) is 5.92. The lowest BCUT2D eigenvalue weighted by atomic mass is 9.99. The van der Waals surface area contributed by atoms with Gasteiger partial charge in [0.1, 0.15) is 11.9 Å². The van der Waals surface area contributed by atoms with Gasteiger partial charge in [-0.05, 0) is 29.8 Å². The summed E-state index contributed by atoms with van der Waals surface area (Å²) in [5.74, 6) is 0.450. The van der Waals surface area contributed by atoms with Gasteiger partial charge in [-0.25, -0.2) is 0 Å². The van der Waals surface area contributed by atoms with E-state index < -0.39 is 0 Å². The van der Waals surface area contributed by atoms with Gasteiger partial charge >= 0.3 is 0 Å². The van der Waals surface area contributed by atoms with Crippen molar-refractivity contribution in [3.8, 4) is 5.75 Å². The van der Waals surface area contributed by atoms with E-state index in [0.29, 0.717) is 29.9 Å². The molecule has 6 heteroatoms. The predicted molar refractivity (Wildman–Crippen MR) is 89.3 cm³/mol. The molecular weight excluding hydrogens is 306 g/mol. The Morgan fingerprint density at radius 1 is 1.04 bits per heavy atom. The highest BCUT2D eigenvalue weighted by Gasteiger charge is 2.36. The zero-order valence-corrected chi connectivity index (χ0v) is 13.2. The topological polar surface area (TPSA) is 70.7 Å². The number of carbonyl (C=O) groups is 2. The van der Waals surface area contributed by atoms with Crippen molar-refractivity contribution in [2.24, 2.45) is 0 Å². The number of methoxy groups -OCH3 is 1. The Hall–Kier alpha value is -3.02. The number of hydrogen-bond acceptors (Lipinski definition) is 4. The molecule has 0 bridgehead atoms. The van der Waals surface area contributed by atoms with Gasteiger partial charge in [-0.2, -0.15) is 0 Å². The first-order valence-electron chi connectivity index (χ1n) is 7.81. The highest BCUT2D eigenvalue weighted by Crippen LogP contribution is 2.36. The minimum atomic E-state index is -0.315. The lowest BCUT2D eigenvalue weighted by Gasteiger charge is -2.39. The van der Waals surface area contributed by atoms with Gasteiger partial charge in [0.05, 0.1) is 23.9 Å². The van der Waals surface area contributed by atoms with Crippen LogP contribution in [-0.4, -0.2) is 32.0 Å². The van der Waals surface area contributed by atoms with Crippen LogP contribution in [0.2, 0.25) is 0 Å². The fourth-order valence-corrected chi connectivity index (χ4v) is 3.30. The van der Waals surface area contributed by atoms with E-state index in [4.69, 9.17) is 4.74 Å². The molecule has 1 atom stereocenters. The number of anilines is 1. The van der Waals surface area contributed by atoms with E-state index in [1.165, 1.54) is 0 Å². The minimum absolute atomic E-state index is 0.141. The van der Waals surface area contributed by atoms with Gasteiger partial charge in [0.15, 0.2) is 0 Å². The van der Waals surface area contributed by atoms with E-state index in [-0.39, 0.29) is 18.0 Å². The fourth-order valence-electron chi connectivity index (χ4n) is 3.30. The number of benzene rings is 2. The maximum absolute atomic E-state index is 12.6. The first kappa shape index (κ1) is 14.6. The standard InChI is InChI=1S/C18H17N3O3/c1-24-12-7-5-11(6-8-12)16-20-18(23)14-4-2-3-13-15(14)21(16)10-9-19-17(13)22/h2-8,16H,9-10H2,1H3,(H,19,22)(H,20,23). The molecule has 2 aliphatic rings. The second-order valence-electron chi connectivity index (χ2n) is 5.80. The molecule has 6 nitrogen and oxygen atoms in total. The van der Waals surface area contributed by atoms with Gasteiger partial charge in [-0.1, -0.05) is 18.2 Å². The van der Waals surface area contributed by atoms with Crippen molar-refractivity contribution in [3.05, 3.63) is 59.2 Å². The summed E-state index contributed by atoms with van der Waals surface area (Å²) >= 11 is 0. The monoisotopic (exact) mass is 323 g/mol. The van der Waals surface area contributed by atoms with Gasteiger partial charge in [0.2, 0.25) is 0 Å². The largest absolute Gasteiger partial charge is 0.497 e. The molecule has 2 heterocycles. The fraction of sp³-hybridized carbons (Fsp3) is 0.222. The SMILES string of the molecule is COc1ccc(C2NC(=O)c3cccc4c3N2CCNC4=O)cc1. The summed E-state index contributed by atoms with van der Waals surface area (Å²) in [5.41, 5.74) is 2.73. The van der Waals surface area contributed by atoms with Crippen molar-refractivity contribution in [1.29, 1.82) is 0 Å². The van der Waals surface area contributed by atoms with Crippen LogP contribution in [0, 0.1) is 0 Å². The quantitative estimate of drug-likeness (QED) is 0.882. The number of rotatable bonds is 2. The van der Waals surface area contributed by atoms with Crippen LogP contribution in [0.1, 0.15) is 32.4 Å². The normalized spacial score (nSPS) is 19.0. The lowest BCUT2D eigenvalue weighted by Crippen LogP contribution is -2.47. The van der Waals surface area contributed by atoms with Gasteiger partial charge < -0.3 is 20.3 Å². The molecule has 0 aromatic heterocycles. The van der Waals surface area contributed by atoms with Crippen LogP contribution in [0.5, 0.6) is 5.75 Å². The van der Waals surface area contributed by atoms with Crippen LogP contribution in [0.15, 0.2) is 42.5 Å². The van der Waals surface area contributed by atoms with Crippen LogP contribution < -0.4 is 20.3 Å². The number of carbonyl (C=O) groups excluding carboxylic acids is 2. The molecule has 0 saturated heterocycles. The van der Waals surface area contributed by atoms with Gasteiger partial charge in [-0.15, -0.1) is 0 Å². The molecule has 0 spiro atoms. The molecule has 0 aliphatic carbocycles. The number of ether oxygens (including phenoxy) is 1. The molecule has 0 fully saturated rings. The number of para-hydroxylation sites is 1. The molecule has 0 saturated carbocycles. The van der Waals surface area contributed by atoms with Crippen LogP contribution in [0.4, 0.5) is 5.69 Å². The summed E-state index contributed by atoms with van der Waals surface area (Å²) < 4.78 is 5.20. The molecule has 2 aliphatic heterocycles.